The Bertz CT molecular complexity index is 368. The van der Waals surface area contributed by atoms with Crippen molar-refractivity contribution in [3.05, 3.63) is 17.5 Å². The molecule has 0 aliphatic heterocycles. The van der Waals surface area contributed by atoms with E-state index < -0.39 is 6.09 Å². The minimum Gasteiger partial charge on any atom is -0.448 e. The van der Waals surface area contributed by atoms with E-state index in [0.717, 1.165) is 4.68 Å². The van der Waals surface area contributed by atoms with Gasteiger partial charge in [-0.05, 0) is 20.8 Å². The molecule has 0 spiro atoms. The number of hydrogen-bond acceptors (Lipinski definition) is 4. The number of Topliss-reactive ketones (excluding diaryl/α,β-unsaturated/α-hetero) is 1. The molecule has 0 saturated heterocycles. The lowest BCUT2D eigenvalue weighted by molar-refractivity contribution is 0.101. The van der Waals surface area contributed by atoms with Crippen molar-refractivity contribution in [2.45, 2.75) is 20.8 Å². The molecule has 0 N–H and O–H groups in total. The first-order chi connectivity index (χ1) is 6.56. The SMILES string of the molecule is CCOC(=O)n1cc(C(C)=O)c(C)n1. The molecule has 0 fully saturated rings. The van der Waals surface area contributed by atoms with E-state index in [1.165, 1.54) is 13.1 Å². The van der Waals surface area contributed by atoms with Crippen LogP contribution in [0.3, 0.4) is 0 Å². The average Bonchev–Trinajstić information content (AvgIpc) is 2.48. The maximum Gasteiger partial charge on any atom is 0.434 e. The number of carbonyl (C=O) groups is 2. The van der Waals surface area contributed by atoms with Crippen molar-refractivity contribution < 1.29 is 14.3 Å². The van der Waals surface area contributed by atoms with Crippen LogP contribution >= 0.6 is 0 Å². The largest absolute Gasteiger partial charge is 0.448 e. The smallest absolute Gasteiger partial charge is 0.434 e. The summed E-state index contributed by atoms with van der Waals surface area (Å²) in [6.45, 7) is 5.10. The first-order valence-electron chi connectivity index (χ1n) is 4.30. The molecule has 0 bridgehead atoms. The summed E-state index contributed by atoms with van der Waals surface area (Å²) in [5, 5.41) is 3.87. The predicted molar refractivity (Wildman–Crippen MR) is 49.4 cm³/mol. The van der Waals surface area contributed by atoms with Crippen LogP contribution in [0.25, 0.3) is 0 Å². The summed E-state index contributed by atoms with van der Waals surface area (Å²) in [4.78, 5) is 22.3. The molecule has 0 amide bonds. The first-order valence-corrected chi connectivity index (χ1v) is 4.30. The van der Waals surface area contributed by atoms with Gasteiger partial charge in [0.05, 0.1) is 17.9 Å². The van der Waals surface area contributed by atoms with E-state index in [9.17, 15) is 9.59 Å². The summed E-state index contributed by atoms with van der Waals surface area (Å²) in [5.41, 5.74) is 0.976. The van der Waals surface area contributed by atoms with Gasteiger partial charge in [-0.25, -0.2) is 4.79 Å². The van der Waals surface area contributed by atoms with Gasteiger partial charge < -0.3 is 4.74 Å². The molecule has 14 heavy (non-hydrogen) atoms. The van der Waals surface area contributed by atoms with Crippen LogP contribution in [0.2, 0.25) is 0 Å². The van der Waals surface area contributed by atoms with Gasteiger partial charge in [-0.15, -0.1) is 0 Å². The molecule has 0 atom stereocenters. The molecule has 1 rings (SSSR count). The molecule has 0 unspecified atom stereocenters. The molecule has 0 aliphatic rings. The summed E-state index contributed by atoms with van der Waals surface area (Å²) in [6.07, 6.45) is 0.818. The Kier molecular flexibility index (Phi) is 3.01. The van der Waals surface area contributed by atoms with Crippen molar-refractivity contribution in [2.75, 3.05) is 6.61 Å². The normalized spacial score (nSPS) is 9.93. The lowest BCUT2D eigenvalue weighted by atomic mass is 10.2. The second-order valence-electron chi connectivity index (χ2n) is 2.83. The topological polar surface area (TPSA) is 61.2 Å². The second-order valence-corrected chi connectivity index (χ2v) is 2.83. The van der Waals surface area contributed by atoms with Crippen LogP contribution in [0.4, 0.5) is 4.79 Å². The molecule has 0 aliphatic carbocycles. The lowest BCUT2D eigenvalue weighted by Crippen LogP contribution is -2.14. The van der Waals surface area contributed by atoms with Crippen molar-refractivity contribution in [1.29, 1.82) is 0 Å². The minimum absolute atomic E-state index is 0.113. The van der Waals surface area contributed by atoms with Crippen molar-refractivity contribution >= 4 is 11.9 Å². The highest BCUT2D eigenvalue weighted by atomic mass is 16.5. The van der Waals surface area contributed by atoms with E-state index in [1.54, 1.807) is 13.8 Å². The van der Waals surface area contributed by atoms with E-state index in [2.05, 4.69) is 5.10 Å². The van der Waals surface area contributed by atoms with Crippen LogP contribution in [0.1, 0.15) is 29.9 Å². The molecule has 1 heterocycles. The molecule has 0 aromatic carbocycles. The average molecular weight is 196 g/mol. The van der Waals surface area contributed by atoms with Gasteiger partial charge in [0.15, 0.2) is 5.78 Å². The number of ketones is 1. The quantitative estimate of drug-likeness (QED) is 0.671. The molecular weight excluding hydrogens is 184 g/mol. The maximum atomic E-state index is 11.2. The van der Waals surface area contributed by atoms with Crippen LogP contribution in [-0.2, 0) is 4.74 Å². The Morgan fingerprint density at radius 1 is 1.57 bits per heavy atom. The lowest BCUT2D eigenvalue weighted by Gasteiger charge is -1.98. The third-order valence-electron chi connectivity index (χ3n) is 1.73. The van der Waals surface area contributed by atoms with Gasteiger partial charge in [-0.1, -0.05) is 0 Å². The Labute approximate surface area is 81.7 Å². The van der Waals surface area contributed by atoms with Gasteiger partial charge >= 0.3 is 6.09 Å². The van der Waals surface area contributed by atoms with Crippen LogP contribution in [0.15, 0.2) is 6.20 Å². The van der Waals surface area contributed by atoms with E-state index >= 15 is 0 Å². The highest BCUT2D eigenvalue weighted by Crippen LogP contribution is 2.06. The Balaban J connectivity index is 2.96. The zero-order valence-electron chi connectivity index (χ0n) is 8.40. The third kappa shape index (κ3) is 1.99. The summed E-state index contributed by atoms with van der Waals surface area (Å²) >= 11 is 0. The zero-order valence-corrected chi connectivity index (χ0v) is 8.40. The Morgan fingerprint density at radius 3 is 2.64 bits per heavy atom. The Morgan fingerprint density at radius 2 is 2.21 bits per heavy atom. The number of aromatic nitrogens is 2. The fourth-order valence-corrected chi connectivity index (χ4v) is 1.09. The van der Waals surface area contributed by atoms with Crippen molar-refractivity contribution in [1.82, 2.24) is 9.78 Å². The highest BCUT2D eigenvalue weighted by molar-refractivity contribution is 5.95. The molecular formula is C9H12N2O3. The summed E-state index contributed by atoms with van der Waals surface area (Å²) in [6, 6.07) is 0. The van der Waals surface area contributed by atoms with E-state index in [-0.39, 0.29) is 12.4 Å². The molecule has 76 valence electrons. The van der Waals surface area contributed by atoms with Gasteiger partial charge in [0.25, 0.3) is 0 Å². The van der Waals surface area contributed by atoms with Crippen molar-refractivity contribution in [3.8, 4) is 0 Å². The molecule has 1 aromatic rings. The number of carbonyl (C=O) groups excluding carboxylic acids is 2. The maximum absolute atomic E-state index is 11.2. The molecule has 5 nitrogen and oxygen atoms in total. The number of rotatable bonds is 2. The van der Waals surface area contributed by atoms with Gasteiger partial charge in [-0.2, -0.15) is 9.78 Å². The predicted octanol–water partition coefficient (Wildman–Crippen LogP) is 1.40. The number of ether oxygens (including phenoxy) is 1. The van der Waals surface area contributed by atoms with Gasteiger partial charge in [0, 0.05) is 6.20 Å². The molecule has 1 aromatic heterocycles. The van der Waals surface area contributed by atoms with Crippen LogP contribution < -0.4 is 0 Å². The van der Waals surface area contributed by atoms with E-state index in [4.69, 9.17) is 4.74 Å². The summed E-state index contributed by atoms with van der Waals surface area (Å²) < 4.78 is 5.76. The summed E-state index contributed by atoms with van der Waals surface area (Å²) in [5.74, 6) is -0.113. The zero-order chi connectivity index (χ0) is 10.7. The fraction of sp³-hybridized carbons (Fsp3) is 0.444. The number of hydrogen-bond donors (Lipinski definition) is 0. The van der Waals surface area contributed by atoms with Crippen molar-refractivity contribution in [2.24, 2.45) is 0 Å². The van der Waals surface area contributed by atoms with Gasteiger partial charge in [0.2, 0.25) is 0 Å². The van der Waals surface area contributed by atoms with E-state index in [0.29, 0.717) is 11.3 Å². The molecule has 5 heteroatoms. The van der Waals surface area contributed by atoms with Crippen LogP contribution in [0.5, 0.6) is 0 Å². The second kappa shape index (κ2) is 4.04. The fourth-order valence-electron chi connectivity index (χ4n) is 1.09. The van der Waals surface area contributed by atoms with E-state index in [1.807, 2.05) is 0 Å². The number of nitrogens with zero attached hydrogens (tertiary/aromatic N) is 2. The standard InChI is InChI=1S/C9H12N2O3/c1-4-14-9(13)11-5-8(7(3)12)6(2)10-11/h5H,4H2,1-3H3. The molecule has 0 saturated carbocycles. The van der Waals surface area contributed by atoms with Gasteiger partial charge in [-0.3, -0.25) is 4.79 Å². The minimum atomic E-state index is -0.567. The van der Waals surface area contributed by atoms with Gasteiger partial charge in [0.1, 0.15) is 0 Å². The van der Waals surface area contributed by atoms with Crippen LogP contribution in [-0.4, -0.2) is 28.3 Å². The highest BCUT2D eigenvalue weighted by Gasteiger charge is 2.13. The first kappa shape index (κ1) is 10.4. The summed E-state index contributed by atoms with van der Waals surface area (Å²) in [7, 11) is 0. The van der Waals surface area contributed by atoms with Crippen molar-refractivity contribution in [3.63, 3.8) is 0 Å². The van der Waals surface area contributed by atoms with Crippen LogP contribution in [0, 0.1) is 6.92 Å². The third-order valence-corrected chi connectivity index (χ3v) is 1.73. The number of aryl methyl sites for hydroxylation is 1. The molecule has 0 radical (unpaired) electrons. The Hall–Kier alpha value is -1.65. The monoisotopic (exact) mass is 196 g/mol.